The number of fused-ring (bicyclic) bond motifs is 7. The molecule has 2 aliphatic heterocycles. The Bertz CT molecular complexity index is 1540. The van der Waals surface area contributed by atoms with Crippen molar-refractivity contribution < 1.29 is 74.8 Å². The van der Waals surface area contributed by atoms with Crippen molar-refractivity contribution in [3.8, 4) is 0 Å². The first-order valence-corrected chi connectivity index (χ1v) is 21.1. The molecule has 21 atom stereocenters. The zero-order valence-electron chi connectivity index (χ0n) is 34.2. The molecule has 5 aliphatic carbocycles. The van der Waals surface area contributed by atoms with Crippen LogP contribution < -0.4 is 0 Å². The number of carboxylic acid groups (broad SMARTS) is 1. The molecule has 57 heavy (non-hydrogen) atoms. The van der Waals surface area contributed by atoms with E-state index >= 15 is 0 Å². The summed E-state index contributed by atoms with van der Waals surface area (Å²) in [6.07, 6.45) is -9.40. The Morgan fingerprint density at radius 1 is 0.737 bits per heavy atom. The average Bonchev–Trinajstić information content (AvgIpc) is 3.16. The molecular formula is C42H68O15. The van der Waals surface area contributed by atoms with Gasteiger partial charge in [-0.1, -0.05) is 53.2 Å². The largest absolute Gasteiger partial charge is 0.479 e. The Morgan fingerprint density at radius 3 is 2.07 bits per heavy atom. The van der Waals surface area contributed by atoms with Crippen LogP contribution in [0.3, 0.4) is 0 Å². The van der Waals surface area contributed by atoms with Crippen molar-refractivity contribution in [3.05, 3.63) is 11.6 Å². The zero-order chi connectivity index (χ0) is 41.8. The van der Waals surface area contributed by atoms with E-state index in [1.54, 1.807) is 0 Å². The minimum Gasteiger partial charge on any atom is -0.479 e. The molecule has 0 unspecified atom stereocenters. The van der Waals surface area contributed by atoms with Crippen LogP contribution in [0.5, 0.6) is 0 Å². The molecule has 0 radical (unpaired) electrons. The lowest BCUT2D eigenvalue weighted by atomic mass is 9.33. The third-order valence-electron chi connectivity index (χ3n) is 17.7. The number of aliphatic hydroxyl groups excluding tert-OH is 9. The van der Waals surface area contributed by atoms with Crippen molar-refractivity contribution in [3.63, 3.8) is 0 Å². The van der Waals surface area contributed by atoms with Crippen LogP contribution in [0.15, 0.2) is 11.6 Å². The van der Waals surface area contributed by atoms with Gasteiger partial charge in [0.25, 0.3) is 0 Å². The fraction of sp³-hybridized carbons (Fsp3) is 0.929. The Kier molecular flexibility index (Phi) is 11.5. The molecule has 7 aliphatic rings. The molecule has 0 amide bonds. The van der Waals surface area contributed by atoms with Gasteiger partial charge < -0.3 is 70.0 Å². The number of ether oxygens (including phenoxy) is 4. The zero-order valence-corrected chi connectivity index (χ0v) is 34.2. The molecule has 6 fully saturated rings. The molecule has 2 heterocycles. The third kappa shape index (κ3) is 6.43. The summed E-state index contributed by atoms with van der Waals surface area (Å²) in [5.41, 5.74) is -0.561. The maximum atomic E-state index is 12.2. The van der Waals surface area contributed by atoms with E-state index in [0.29, 0.717) is 19.3 Å². The smallest absolute Gasteiger partial charge is 0.335 e. The van der Waals surface area contributed by atoms with E-state index < -0.39 is 91.6 Å². The standard InChI is InChI=1S/C42H68O15/c1-37(18-44)15-21-20-7-8-24-39(3)11-10-26(40(4,19-45)23(39)9-12-42(24,6)41(20,5)14-13-38(21,2)25(46)16-37)55-36-33(30(50)29(49)32(56-36)34(52)53)57-35-31(51)28(48)27(47)22(17-43)54-35/h7,21-33,35-36,43-51H,8-19H2,1-6H3,(H,52,53)/t21-,22+,23+,24+,25+,26-,27+,28-,29-,30-,31+,32-,33+,35-,36+,37+,38+,39-,40-,41+,42+/m0/s1. The molecule has 0 aromatic heterocycles. The molecule has 0 aromatic rings. The molecule has 7 rings (SSSR count). The van der Waals surface area contributed by atoms with Gasteiger partial charge in [-0.15, -0.1) is 0 Å². The molecule has 0 bridgehead atoms. The number of aliphatic carboxylic acids is 1. The van der Waals surface area contributed by atoms with Crippen LogP contribution in [-0.4, -0.2) is 150 Å². The summed E-state index contributed by atoms with van der Waals surface area (Å²) in [7, 11) is 0. The van der Waals surface area contributed by atoms with Crippen LogP contribution in [-0.2, 0) is 23.7 Å². The molecule has 0 spiro atoms. The van der Waals surface area contributed by atoms with Crippen molar-refractivity contribution in [2.75, 3.05) is 19.8 Å². The lowest BCUT2D eigenvalue weighted by Gasteiger charge is -2.72. The minimum atomic E-state index is -1.98. The number of hydrogen-bond acceptors (Lipinski definition) is 14. The molecule has 0 aromatic carbocycles. The predicted octanol–water partition coefficient (Wildman–Crippen LogP) is 0.825. The Morgan fingerprint density at radius 2 is 1.44 bits per heavy atom. The molecule has 10 N–H and O–H groups in total. The van der Waals surface area contributed by atoms with Gasteiger partial charge in [0.1, 0.15) is 42.7 Å². The highest BCUT2D eigenvalue weighted by Crippen LogP contribution is 2.76. The number of allylic oxidation sites excluding steroid dienone is 2. The van der Waals surface area contributed by atoms with E-state index in [9.17, 15) is 55.9 Å². The van der Waals surface area contributed by atoms with Crippen molar-refractivity contribution >= 4 is 5.97 Å². The summed E-state index contributed by atoms with van der Waals surface area (Å²) in [5, 5.41) is 106. The van der Waals surface area contributed by atoms with Crippen LogP contribution in [0.2, 0.25) is 0 Å². The average molecular weight is 813 g/mol. The van der Waals surface area contributed by atoms with E-state index in [0.717, 1.165) is 38.5 Å². The fourth-order valence-electron chi connectivity index (χ4n) is 13.7. The second-order valence-electron chi connectivity index (χ2n) is 20.6. The van der Waals surface area contributed by atoms with Gasteiger partial charge >= 0.3 is 5.97 Å². The van der Waals surface area contributed by atoms with Gasteiger partial charge in [-0.2, -0.15) is 0 Å². The number of carboxylic acids is 1. The minimum absolute atomic E-state index is 0.0340. The SMILES string of the molecule is C[C@]1(CO)C[C@@H](O)[C@]2(C)CC[C@]3(C)C(=CC[C@@H]4[C@@]5(C)CC[C@H](O[C@@H]6O[C@H](C(=O)O)[C@@H](O)[C@H](O)[C@H]6O[C@@H]6O[C@H](CO)[C@@H](O)[C@H](O)[C@H]6O)[C@@](C)(CO)[C@@H]5CC[C@]43C)[C@@H]2C1. The Labute approximate surface area is 335 Å². The molecule has 326 valence electrons. The van der Waals surface area contributed by atoms with Gasteiger partial charge in [0.05, 0.1) is 25.4 Å². The fourth-order valence-corrected chi connectivity index (χ4v) is 13.7. The molecular weight excluding hydrogens is 744 g/mol. The summed E-state index contributed by atoms with van der Waals surface area (Å²) in [4.78, 5) is 12.2. The van der Waals surface area contributed by atoms with Gasteiger partial charge in [0.15, 0.2) is 18.7 Å². The maximum Gasteiger partial charge on any atom is 0.335 e. The summed E-state index contributed by atoms with van der Waals surface area (Å²) in [6, 6.07) is 0. The lowest BCUT2D eigenvalue weighted by Crippen LogP contribution is -2.68. The highest BCUT2D eigenvalue weighted by Gasteiger charge is 2.70. The van der Waals surface area contributed by atoms with Crippen LogP contribution >= 0.6 is 0 Å². The first kappa shape index (κ1) is 43.8. The quantitative estimate of drug-likeness (QED) is 0.120. The lowest BCUT2D eigenvalue weighted by molar-refractivity contribution is -0.375. The molecule has 2 saturated heterocycles. The first-order chi connectivity index (χ1) is 26.6. The summed E-state index contributed by atoms with van der Waals surface area (Å²) in [5.74, 6) is -1.20. The molecule has 15 heteroatoms. The number of carbonyl (C=O) groups is 1. The molecule has 4 saturated carbocycles. The van der Waals surface area contributed by atoms with E-state index in [-0.39, 0.29) is 58.0 Å². The predicted molar refractivity (Wildman–Crippen MR) is 201 cm³/mol. The second-order valence-corrected chi connectivity index (χ2v) is 20.6. The van der Waals surface area contributed by atoms with Crippen molar-refractivity contribution in [2.45, 2.75) is 173 Å². The van der Waals surface area contributed by atoms with Crippen molar-refractivity contribution in [1.29, 1.82) is 0 Å². The van der Waals surface area contributed by atoms with Crippen LogP contribution in [0, 0.1) is 50.2 Å². The van der Waals surface area contributed by atoms with Crippen LogP contribution in [0.1, 0.15) is 99.3 Å². The highest BCUT2D eigenvalue weighted by molar-refractivity contribution is 5.73. The van der Waals surface area contributed by atoms with Gasteiger partial charge in [0, 0.05) is 17.4 Å². The molecule has 15 nitrogen and oxygen atoms in total. The van der Waals surface area contributed by atoms with Crippen LogP contribution in [0.25, 0.3) is 0 Å². The topological polar surface area (TPSA) is 256 Å². The van der Waals surface area contributed by atoms with Crippen LogP contribution in [0.4, 0.5) is 0 Å². The van der Waals surface area contributed by atoms with E-state index in [1.807, 2.05) is 6.92 Å². The maximum absolute atomic E-state index is 12.2. The van der Waals surface area contributed by atoms with Gasteiger partial charge in [-0.25, -0.2) is 4.79 Å². The van der Waals surface area contributed by atoms with Crippen molar-refractivity contribution in [2.24, 2.45) is 50.2 Å². The number of aliphatic hydroxyl groups is 9. The summed E-state index contributed by atoms with van der Waals surface area (Å²) < 4.78 is 23.8. The van der Waals surface area contributed by atoms with Gasteiger partial charge in [-0.3, -0.25) is 0 Å². The van der Waals surface area contributed by atoms with Gasteiger partial charge in [-0.05, 0) is 97.2 Å². The number of hydrogen-bond donors (Lipinski definition) is 10. The van der Waals surface area contributed by atoms with E-state index in [2.05, 4.69) is 40.7 Å². The Balaban J connectivity index is 1.17. The highest BCUT2D eigenvalue weighted by atomic mass is 16.8. The first-order valence-electron chi connectivity index (χ1n) is 21.1. The summed E-state index contributed by atoms with van der Waals surface area (Å²) >= 11 is 0. The van der Waals surface area contributed by atoms with E-state index in [4.69, 9.17) is 18.9 Å². The number of rotatable bonds is 8. The monoisotopic (exact) mass is 812 g/mol. The van der Waals surface area contributed by atoms with E-state index in [1.165, 1.54) is 5.57 Å². The summed E-state index contributed by atoms with van der Waals surface area (Å²) in [6.45, 7) is 12.5. The normalized spacial score (nSPS) is 56.4. The third-order valence-corrected chi connectivity index (χ3v) is 17.7. The van der Waals surface area contributed by atoms with Crippen molar-refractivity contribution in [1.82, 2.24) is 0 Å². The second kappa shape index (κ2) is 14.9. The Hall–Kier alpha value is -1.31. The van der Waals surface area contributed by atoms with Gasteiger partial charge in [0.2, 0.25) is 0 Å².